The summed E-state index contributed by atoms with van der Waals surface area (Å²) in [6, 6.07) is 3.87. The van der Waals surface area contributed by atoms with Crippen molar-refractivity contribution in [2.45, 2.75) is 38.3 Å². The summed E-state index contributed by atoms with van der Waals surface area (Å²) in [5.74, 6) is -0.957. The standard InChI is InChI=1S/C13H17F2NO/c1-2-12(8-16-11-3-4-11)17-13-6-9(14)5-10(15)7-13/h5-7,11-12,16H,2-4,8H2,1H3. The molecule has 1 aliphatic carbocycles. The Morgan fingerprint density at radius 1 is 1.29 bits per heavy atom. The van der Waals surface area contributed by atoms with E-state index in [0.29, 0.717) is 6.04 Å². The smallest absolute Gasteiger partial charge is 0.129 e. The zero-order valence-corrected chi connectivity index (χ0v) is 9.88. The predicted octanol–water partition coefficient (Wildman–Crippen LogP) is 2.87. The first-order chi connectivity index (χ1) is 8.17. The normalized spacial score (nSPS) is 16.9. The molecule has 1 atom stereocenters. The van der Waals surface area contributed by atoms with Crippen LogP contribution in [0.2, 0.25) is 0 Å². The van der Waals surface area contributed by atoms with Gasteiger partial charge >= 0.3 is 0 Å². The quantitative estimate of drug-likeness (QED) is 0.827. The zero-order chi connectivity index (χ0) is 12.3. The lowest BCUT2D eigenvalue weighted by atomic mass is 10.2. The molecule has 0 bridgehead atoms. The number of hydrogen-bond donors (Lipinski definition) is 1. The second kappa shape index (κ2) is 5.45. The van der Waals surface area contributed by atoms with Crippen LogP contribution in [0.1, 0.15) is 26.2 Å². The van der Waals surface area contributed by atoms with E-state index in [9.17, 15) is 8.78 Å². The molecule has 0 aromatic heterocycles. The minimum absolute atomic E-state index is 0.0446. The second-order valence-corrected chi connectivity index (χ2v) is 4.44. The summed E-state index contributed by atoms with van der Waals surface area (Å²) in [5.41, 5.74) is 0. The second-order valence-electron chi connectivity index (χ2n) is 4.44. The highest BCUT2D eigenvalue weighted by molar-refractivity contribution is 5.24. The van der Waals surface area contributed by atoms with Crippen LogP contribution in [0.4, 0.5) is 8.78 Å². The molecule has 1 fully saturated rings. The van der Waals surface area contributed by atoms with Crippen LogP contribution in [-0.4, -0.2) is 18.7 Å². The van der Waals surface area contributed by atoms with Crippen molar-refractivity contribution >= 4 is 0 Å². The molecule has 2 rings (SSSR count). The van der Waals surface area contributed by atoms with Gasteiger partial charge in [0.1, 0.15) is 23.5 Å². The molecule has 1 N–H and O–H groups in total. The average molecular weight is 241 g/mol. The molecule has 1 saturated carbocycles. The van der Waals surface area contributed by atoms with Gasteiger partial charge in [-0.1, -0.05) is 6.92 Å². The van der Waals surface area contributed by atoms with Gasteiger partial charge in [-0.2, -0.15) is 0 Å². The molecule has 1 aliphatic rings. The molecule has 0 amide bonds. The molecule has 17 heavy (non-hydrogen) atoms. The summed E-state index contributed by atoms with van der Waals surface area (Å²) in [5, 5.41) is 3.34. The number of hydrogen-bond acceptors (Lipinski definition) is 2. The third-order valence-corrected chi connectivity index (χ3v) is 2.81. The molecule has 4 heteroatoms. The molecule has 1 aromatic carbocycles. The Labute approximate surface area is 100.0 Å². The van der Waals surface area contributed by atoms with Gasteiger partial charge in [-0.05, 0) is 19.3 Å². The maximum absolute atomic E-state index is 13.0. The minimum atomic E-state index is -0.606. The first kappa shape index (κ1) is 12.3. The van der Waals surface area contributed by atoms with E-state index in [-0.39, 0.29) is 11.9 Å². The topological polar surface area (TPSA) is 21.3 Å². The maximum atomic E-state index is 13.0. The lowest BCUT2D eigenvalue weighted by molar-refractivity contribution is 0.191. The SMILES string of the molecule is CCC(CNC1CC1)Oc1cc(F)cc(F)c1. The molecule has 0 radical (unpaired) electrons. The Balaban J connectivity index is 1.91. The lowest BCUT2D eigenvalue weighted by Gasteiger charge is -2.18. The number of halogens is 2. The highest BCUT2D eigenvalue weighted by atomic mass is 19.1. The first-order valence-electron chi connectivity index (χ1n) is 6.03. The van der Waals surface area contributed by atoms with E-state index >= 15 is 0 Å². The fourth-order valence-corrected chi connectivity index (χ4v) is 1.64. The van der Waals surface area contributed by atoms with Gasteiger partial charge in [0.15, 0.2) is 0 Å². The molecular weight excluding hydrogens is 224 g/mol. The van der Waals surface area contributed by atoms with Gasteiger partial charge in [0.05, 0.1) is 0 Å². The average Bonchev–Trinajstić information content (AvgIpc) is 3.06. The Kier molecular flexibility index (Phi) is 3.94. The van der Waals surface area contributed by atoms with Gasteiger partial charge < -0.3 is 10.1 Å². The van der Waals surface area contributed by atoms with Crippen molar-refractivity contribution in [1.29, 1.82) is 0 Å². The fourth-order valence-electron chi connectivity index (χ4n) is 1.64. The molecule has 0 heterocycles. The van der Waals surface area contributed by atoms with Gasteiger partial charge in [-0.15, -0.1) is 0 Å². The molecular formula is C13H17F2NO. The fraction of sp³-hybridized carbons (Fsp3) is 0.538. The zero-order valence-electron chi connectivity index (χ0n) is 9.88. The maximum Gasteiger partial charge on any atom is 0.129 e. The van der Waals surface area contributed by atoms with Crippen molar-refractivity contribution < 1.29 is 13.5 Å². The van der Waals surface area contributed by atoms with Crippen molar-refractivity contribution in [2.75, 3.05) is 6.54 Å². The Hall–Kier alpha value is -1.16. The van der Waals surface area contributed by atoms with Crippen molar-refractivity contribution in [3.63, 3.8) is 0 Å². The molecule has 1 unspecified atom stereocenters. The van der Waals surface area contributed by atoms with E-state index in [2.05, 4.69) is 5.32 Å². The molecule has 0 aliphatic heterocycles. The molecule has 0 spiro atoms. The molecule has 94 valence electrons. The van der Waals surface area contributed by atoms with Crippen molar-refractivity contribution in [3.05, 3.63) is 29.8 Å². The molecule has 2 nitrogen and oxygen atoms in total. The van der Waals surface area contributed by atoms with E-state index in [1.807, 2.05) is 6.92 Å². The largest absolute Gasteiger partial charge is 0.489 e. The van der Waals surface area contributed by atoms with Crippen LogP contribution in [-0.2, 0) is 0 Å². The Morgan fingerprint density at radius 3 is 2.47 bits per heavy atom. The van der Waals surface area contributed by atoms with Crippen LogP contribution in [0.3, 0.4) is 0 Å². The molecule has 1 aromatic rings. The van der Waals surface area contributed by atoms with Gasteiger partial charge in [-0.25, -0.2) is 8.78 Å². The van der Waals surface area contributed by atoms with Crippen molar-refractivity contribution in [2.24, 2.45) is 0 Å². The Bertz CT molecular complexity index is 359. The van der Waals surface area contributed by atoms with E-state index in [1.54, 1.807) is 0 Å². The summed E-state index contributed by atoms with van der Waals surface area (Å²) in [6.07, 6.45) is 3.19. The number of rotatable bonds is 6. The summed E-state index contributed by atoms with van der Waals surface area (Å²) in [4.78, 5) is 0. The van der Waals surface area contributed by atoms with Crippen LogP contribution in [0.5, 0.6) is 5.75 Å². The number of ether oxygens (including phenoxy) is 1. The number of benzene rings is 1. The van der Waals surface area contributed by atoms with E-state index < -0.39 is 11.6 Å². The van der Waals surface area contributed by atoms with E-state index in [0.717, 1.165) is 19.0 Å². The van der Waals surface area contributed by atoms with E-state index in [4.69, 9.17) is 4.74 Å². The van der Waals surface area contributed by atoms with Crippen LogP contribution in [0.15, 0.2) is 18.2 Å². The predicted molar refractivity (Wildman–Crippen MR) is 62.1 cm³/mol. The van der Waals surface area contributed by atoms with Crippen molar-refractivity contribution in [3.8, 4) is 5.75 Å². The summed E-state index contributed by atoms with van der Waals surface area (Å²) in [7, 11) is 0. The third-order valence-electron chi connectivity index (χ3n) is 2.81. The Morgan fingerprint density at radius 2 is 1.94 bits per heavy atom. The first-order valence-corrected chi connectivity index (χ1v) is 6.03. The third kappa shape index (κ3) is 3.97. The highest BCUT2D eigenvalue weighted by Crippen LogP contribution is 2.20. The summed E-state index contributed by atoms with van der Waals surface area (Å²) >= 11 is 0. The van der Waals surface area contributed by atoms with Gasteiger partial charge in [0.2, 0.25) is 0 Å². The van der Waals surface area contributed by atoms with Crippen LogP contribution in [0.25, 0.3) is 0 Å². The lowest BCUT2D eigenvalue weighted by Crippen LogP contribution is -2.32. The summed E-state index contributed by atoms with van der Waals surface area (Å²) in [6.45, 7) is 2.72. The van der Waals surface area contributed by atoms with E-state index in [1.165, 1.54) is 25.0 Å². The van der Waals surface area contributed by atoms with Gasteiger partial charge in [-0.3, -0.25) is 0 Å². The monoisotopic (exact) mass is 241 g/mol. The van der Waals surface area contributed by atoms with Crippen LogP contribution >= 0.6 is 0 Å². The van der Waals surface area contributed by atoms with Crippen LogP contribution < -0.4 is 10.1 Å². The number of nitrogens with one attached hydrogen (secondary N) is 1. The van der Waals surface area contributed by atoms with Gasteiger partial charge in [0.25, 0.3) is 0 Å². The van der Waals surface area contributed by atoms with Crippen molar-refractivity contribution in [1.82, 2.24) is 5.32 Å². The minimum Gasteiger partial charge on any atom is -0.489 e. The molecule has 0 saturated heterocycles. The summed E-state index contributed by atoms with van der Waals surface area (Å²) < 4.78 is 31.5. The highest BCUT2D eigenvalue weighted by Gasteiger charge is 2.22. The van der Waals surface area contributed by atoms with Crippen LogP contribution in [0, 0.1) is 11.6 Å². The van der Waals surface area contributed by atoms with Gasteiger partial charge in [0, 0.05) is 30.8 Å².